The van der Waals surface area contributed by atoms with Crippen molar-refractivity contribution < 1.29 is 5.11 Å². The SMILES string of the molecule is Cc1nc(-c2ccc(C)c(O)c2)c(C)[nH]1. The van der Waals surface area contributed by atoms with E-state index in [1.807, 2.05) is 32.9 Å². The van der Waals surface area contributed by atoms with Gasteiger partial charge in [0.15, 0.2) is 0 Å². The van der Waals surface area contributed by atoms with Crippen molar-refractivity contribution in [3.63, 3.8) is 0 Å². The molecule has 3 nitrogen and oxygen atoms in total. The molecule has 1 aromatic carbocycles. The number of aromatic amines is 1. The predicted molar refractivity (Wildman–Crippen MR) is 59.9 cm³/mol. The fourth-order valence-electron chi connectivity index (χ4n) is 1.65. The average Bonchev–Trinajstić information content (AvgIpc) is 2.50. The minimum atomic E-state index is 0.313. The predicted octanol–water partition coefficient (Wildman–Crippen LogP) is 2.71. The van der Waals surface area contributed by atoms with Gasteiger partial charge in [0, 0.05) is 11.3 Å². The van der Waals surface area contributed by atoms with Crippen LogP contribution >= 0.6 is 0 Å². The molecule has 0 aliphatic rings. The Kier molecular flexibility index (Phi) is 2.23. The Balaban J connectivity index is 2.54. The second-order valence-corrected chi connectivity index (χ2v) is 3.80. The summed E-state index contributed by atoms with van der Waals surface area (Å²) in [7, 11) is 0. The van der Waals surface area contributed by atoms with Gasteiger partial charge in [-0.3, -0.25) is 0 Å². The third-order valence-electron chi connectivity index (χ3n) is 2.49. The molecule has 1 aromatic heterocycles. The molecule has 0 saturated heterocycles. The van der Waals surface area contributed by atoms with Crippen molar-refractivity contribution in [2.75, 3.05) is 0 Å². The lowest BCUT2D eigenvalue weighted by atomic mass is 10.1. The minimum Gasteiger partial charge on any atom is -0.508 e. The van der Waals surface area contributed by atoms with E-state index in [4.69, 9.17) is 0 Å². The number of nitrogens with zero attached hydrogens (tertiary/aromatic N) is 1. The summed E-state index contributed by atoms with van der Waals surface area (Å²) < 4.78 is 0. The zero-order valence-electron chi connectivity index (χ0n) is 9.13. The molecule has 0 atom stereocenters. The van der Waals surface area contributed by atoms with Gasteiger partial charge < -0.3 is 10.1 Å². The van der Waals surface area contributed by atoms with Crippen LogP contribution in [0.5, 0.6) is 5.75 Å². The Morgan fingerprint density at radius 2 is 1.93 bits per heavy atom. The lowest BCUT2D eigenvalue weighted by molar-refractivity contribution is 0.471. The number of imidazole rings is 1. The number of aryl methyl sites for hydroxylation is 3. The molecule has 0 amide bonds. The van der Waals surface area contributed by atoms with Crippen LogP contribution in [0.15, 0.2) is 18.2 Å². The van der Waals surface area contributed by atoms with E-state index in [9.17, 15) is 5.11 Å². The molecule has 0 aliphatic heterocycles. The van der Waals surface area contributed by atoms with E-state index >= 15 is 0 Å². The van der Waals surface area contributed by atoms with Gasteiger partial charge in [-0.2, -0.15) is 0 Å². The van der Waals surface area contributed by atoms with Crippen LogP contribution in [0.4, 0.5) is 0 Å². The quantitative estimate of drug-likeness (QED) is 0.747. The third-order valence-corrected chi connectivity index (χ3v) is 2.49. The van der Waals surface area contributed by atoms with Crippen molar-refractivity contribution in [3.8, 4) is 17.0 Å². The first-order chi connectivity index (χ1) is 7.08. The molecule has 0 unspecified atom stereocenters. The highest BCUT2D eigenvalue weighted by Gasteiger charge is 2.08. The van der Waals surface area contributed by atoms with Gasteiger partial charge >= 0.3 is 0 Å². The van der Waals surface area contributed by atoms with Crippen LogP contribution in [0.25, 0.3) is 11.3 Å². The fourth-order valence-corrected chi connectivity index (χ4v) is 1.65. The summed E-state index contributed by atoms with van der Waals surface area (Å²) in [6.45, 7) is 5.78. The molecular formula is C12H14N2O. The summed E-state index contributed by atoms with van der Waals surface area (Å²) in [4.78, 5) is 7.53. The number of benzene rings is 1. The number of hydrogen-bond acceptors (Lipinski definition) is 2. The Labute approximate surface area is 88.8 Å². The second-order valence-electron chi connectivity index (χ2n) is 3.80. The van der Waals surface area contributed by atoms with E-state index in [2.05, 4.69) is 9.97 Å². The van der Waals surface area contributed by atoms with Crippen LogP contribution in [0.3, 0.4) is 0 Å². The summed E-state index contributed by atoms with van der Waals surface area (Å²) >= 11 is 0. The smallest absolute Gasteiger partial charge is 0.119 e. The molecule has 1 heterocycles. The van der Waals surface area contributed by atoms with Gasteiger partial charge in [0.05, 0.1) is 5.69 Å². The number of phenols is 1. The normalized spacial score (nSPS) is 10.6. The van der Waals surface area contributed by atoms with Gasteiger partial charge in [-0.15, -0.1) is 0 Å². The topological polar surface area (TPSA) is 48.9 Å². The summed E-state index contributed by atoms with van der Waals surface area (Å²) in [5, 5.41) is 9.62. The first-order valence-corrected chi connectivity index (χ1v) is 4.91. The van der Waals surface area contributed by atoms with Gasteiger partial charge in [0.2, 0.25) is 0 Å². The van der Waals surface area contributed by atoms with Crippen molar-refractivity contribution in [2.24, 2.45) is 0 Å². The van der Waals surface area contributed by atoms with Gasteiger partial charge in [0.25, 0.3) is 0 Å². The van der Waals surface area contributed by atoms with Crippen molar-refractivity contribution in [2.45, 2.75) is 20.8 Å². The molecule has 0 aliphatic carbocycles. The first kappa shape index (κ1) is 9.77. The average molecular weight is 202 g/mol. The zero-order valence-corrected chi connectivity index (χ0v) is 9.13. The molecule has 2 N–H and O–H groups in total. The van der Waals surface area contributed by atoms with Crippen LogP contribution in [-0.2, 0) is 0 Å². The maximum absolute atomic E-state index is 9.62. The van der Waals surface area contributed by atoms with Gasteiger partial charge in [-0.1, -0.05) is 12.1 Å². The van der Waals surface area contributed by atoms with Crippen molar-refractivity contribution in [1.82, 2.24) is 9.97 Å². The van der Waals surface area contributed by atoms with Crippen LogP contribution in [0, 0.1) is 20.8 Å². The highest BCUT2D eigenvalue weighted by Crippen LogP contribution is 2.26. The number of hydrogen-bond donors (Lipinski definition) is 2. The lowest BCUT2D eigenvalue weighted by Gasteiger charge is -2.02. The van der Waals surface area contributed by atoms with E-state index in [0.717, 1.165) is 28.3 Å². The minimum absolute atomic E-state index is 0.313. The molecule has 78 valence electrons. The monoisotopic (exact) mass is 202 g/mol. The molecule has 15 heavy (non-hydrogen) atoms. The Morgan fingerprint density at radius 1 is 1.20 bits per heavy atom. The number of H-pyrrole nitrogens is 1. The number of rotatable bonds is 1. The maximum Gasteiger partial charge on any atom is 0.119 e. The van der Waals surface area contributed by atoms with Crippen LogP contribution in [-0.4, -0.2) is 15.1 Å². The highest BCUT2D eigenvalue weighted by molar-refractivity contribution is 5.64. The number of phenolic OH excluding ortho intramolecular Hbond substituents is 1. The molecule has 2 aromatic rings. The number of nitrogens with one attached hydrogen (secondary N) is 1. The molecule has 3 heteroatoms. The lowest BCUT2D eigenvalue weighted by Crippen LogP contribution is -1.83. The van der Waals surface area contributed by atoms with Crippen LogP contribution in [0.2, 0.25) is 0 Å². The van der Waals surface area contributed by atoms with E-state index in [0.29, 0.717) is 5.75 Å². The van der Waals surface area contributed by atoms with Crippen molar-refractivity contribution in [1.29, 1.82) is 0 Å². The summed E-state index contributed by atoms with van der Waals surface area (Å²) in [6, 6.07) is 5.61. The molecule has 0 fully saturated rings. The molecular weight excluding hydrogens is 188 g/mol. The summed E-state index contributed by atoms with van der Waals surface area (Å²) in [6.07, 6.45) is 0. The maximum atomic E-state index is 9.62. The largest absolute Gasteiger partial charge is 0.508 e. The van der Waals surface area contributed by atoms with Crippen molar-refractivity contribution >= 4 is 0 Å². The summed E-state index contributed by atoms with van der Waals surface area (Å²) in [5.41, 5.74) is 3.75. The zero-order chi connectivity index (χ0) is 11.0. The Bertz CT molecular complexity index is 500. The second kappa shape index (κ2) is 3.42. The fraction of sp³-hybridized carbons (Fsp3) is 0.250. The molecule has 0 spiro atoms. The Morgan fingerprint density at radius 3 is 2.47 bits per heavy atom. The molecule has 0 radical (unpaired) electrons. The van der Waals surface area contributed by atoms with Crippen LogP contribution < -0.4 is 0 Å². The molecule has 0 bridgehead atoms. The molecule has 0 saturated carbocycles. The van der Waals surface area contributed by atoms with Crippen LogP contribution in [0.1, 0.15) is 17.1 Å². The van der Waals surface area contributed by atoms with E-state index in [1.54, 1.807) is 6.07 Å². The highest BCUT2D eigenvalue weighted by atomic mass is 16.3. The number of aromatic nitrogens is 2. The van der Waals surface area contributed by atoms with E-state index in [-0.39, 0.29) is 0 Å². The number of aromatic hydroxyl groups is 1. The third kappa shape index (κ3) is 1.73. The van der Waals surface area contributed by atoms with E-state index < -0.39 is 0 Å². The van der Waals surface area contributed by atoms with Gasteiger partial charge in [-0.05, 0) is 32.4 Å². The summed E-state index contributed by atoms with van der Waals surface area (Å²) in [5.74, 6) is 1.20. The van der Waals surface area contributed by atoms with Gasteiger partial charge in [0.1, 0.15) is 11.6 Å². The first-order valence-electron chi connectivity index (χ1n) is 4.91. The molecule has 2 rings (SSSR count). The van der Waals surface area contributed by atoms with E-state index in [1.165, 1.54) is 0 Å². The standard InChI is InChI=1S/C12H14N2O/c1-7-4-5-10(6-11(7)15)12-8(2)13-9(3)14-12/h4-6,15H,1-3H3,(H,13,14). The Hall–Kier alpha value is -1.77. The van der Waals surface area contributed by atoms with Crippen molar-refractivity contribution in [3.05, 3.63) is 35.3 Å². The van der Waals surface area contributed by atoms with Gasteiger partial charge in [-0.25, -0.2) is 4.98 Å².